The molecule has 0 saturated carbocycles. The Hall–Kier alpha value is -1.70. The van der Waals surface area contributed by atoms with Gasteiger partial charge < -0.3 is 0 Å². The van der Waals surface area contributed by atoms with Crippen LogP contribution < -0.4 is 0 Å². The van der Waals surface area contributed by atoms with Crippen LogP contribution in [0.4, 0.5) is 0 Å². The molecule has 2 nitrogen and oxygen atoms in total. The number of hydrogen-bond donors (Lipinski definition) is 0. The zero-order valence-electron chi connectivity index (χ0n) is 9.22. The fourth-order valence-electron chi connectivity index (χ4n) is 1.09. The van der Waals surface area contributed by atoms with E-state index in [0.717, 1.165) is 11.1 Å². The number of hydrogen-bond acceptors (Lipinski definition) is 2. The van der Waals surface area contributed by atoms with Gasteiger partial charge in [0.25, 0.3) is 0 Å². The third-order valence-corrected chi connectivity index (χ3v) is 1.83. The fraction of sp³-hybridized carbons (Fsp3) is 0.231. The van der Waals surface area contributed by atoms with E-state index in [4.69, 9.17) is 0 Å². The number of pyridine rings is 1. The molecule has 0 amide bonds. The van der Waals surface area contributed by atoms with Crippen molar-refractivity contribution in [2.24, 2.45) is 10.9 Å². The van der Waals surface area contributed by atoms with Crippen molar-refractivity contribution in [1.29, 1.82) is 0 Å². The predicted octanol–water partition coefficient (Wildman–Crippen LogP) is 3.42. The van der Waals surface area contributed by atoms with Crippen molar-refractivity contribution in [3.8, 4) is 0 Å². The molecule has 1 aromatic heterocycles. The van der Waals surface area contributed by atoms with Crippen molar-refractivity contribution < 1.29 is 0 Å². The Labute approximate surface area is 91.1 Å². The molecule has 0 bridgehead atoms. The van der Waals surface area contributed by atoms with Crippen molar-refractivity contribution in [3.05, 3.63) is 42.4 Å². The summed E-state index contributed by atoms with van der Waals surface area (Å²) in [6.45, 7) is 7.94. The fourth-order valence-corrected chi connectivity index (χ4v) is 1.09. The van der Waals surface area contributed by atoms with E-state index >= 15 is 0 Å². The van der Waals surface area contributed by atoms with Gasteiger partial charge in [-0.3, -0.25) is 9.98 Å². The van der Waals surface area contributed by atoms with Crippen LogP contribution in [0.25, 0.3) is 12.2 Å². The van der Waals surface area contributed by atoms with Gasteiger partial charge in [-0.15, -0.1) is 0 Å². The monoisotopic (exact) mass is 200 g/mol. The Kier molecular flexibility index (Phi) is 4.48. The van der Waals surface area contributed by atoms with Gasteiger partial charge in [0.2, 0.25) is 0 Å². The second-order valence-corrected chi connectivity index (χ2v) is 3.57. The Bertz CT molecular complexity index is 376. The molecule has 1 rings (SSSR count). The Morgan fingerprint density at radius 2 is 2.20 bits per heavy atom. The maximum atomic E-state index is 4.17. The molecule has 15 heavy (non-hydrogen) atoms. The van der Waals surface area contributed by atoms with E-state index in [2.05, 4.69) is 30.4 Å². The lowest BCUT2D eigenvalue weighted by atomic mass is 10.1. The molecule has 0 N–H and O–H groups in total. The van der Waals surface area contributed by atoms with Crippen molar-refractivity contribution >= 4 is 18.4 Å². The number of aromatic nitrogens is 1. The van der Waals surface area contributed by atoms with Gasteiger partial charge in [0.05, 0.1) is 0 Å². The average Bonchev–Trinajstić information content (AvgIpc) is 2.24. The highest BCUT2D eigenvalue weighted by molar-refractivity contribution is 5.65. The molecular formula is C13H16N2. The van der Waals surface area contributed by atoms with Crippen molar-refractivity contribution in [2.45, 2.75) is 13.8 Å². The first-order chi connectivity index (χ1) is 7.24. The minimum Gasteiger partial charge on any atom is -0.269 e. The van der Waals surface area contributed by atoms with E-state index in [0.29, 0.717) is 5.92 Å². The van der Waals surface area contributed by atoms with Crippen LogP contribution >= 0.6 is 0 Å². The van der Waals surface area contributed by atoms with Crippen LogP contribution in [-0.2, 0) is 0 Å². The zero-order chi connectivity index (χ0) is 11.1. The highest BCUT2D eigenvalue weighted by atomic mass is 14.7. The molecule has 0 radical (unpaired) electrons. The average molecular weight is 200 g/mol. The Balaban J connectivity index is 2.76. The van der Waals surface area contributed by atoms with Gasteiger partial charge in [-0.2, -0.15) is 0 Å². The molecule has 0 aliphatic heterocycles. The molecular weight excluding hydrogens is 184 g/mol. The molecule has 0 atom stereocenters. The summed E-state index contributed by atoms with van der Waals surface area (Å²) in [4.78, 5) is 8.23. The summed E-state index contributed by atoms with van der Waals surface area (Å²) in [5.41, 5.74) is 2.11. The van der Waals surface area contributed by atoms with Gasteiger partial charge in [0.15, 0.2) is 0 Å². The first-order valence-electron chi connectivity index (χ1n) is 5.00. The van der Waals surface area contributed by atoms with E-state index in [1.165, 1.54) is 0 Å². The van der Waals surface area contributed by atoms with E-state index in [1.54, 1.807) is 18.6 Å². The third-order valence-electron chi connectivity index (χ3n) is 1.83. The van der Waals surface area contributed by atoms with Gasteiger partial charge in [-0.25, -0.2) is 0 Å². The second-order valence-electron chi connectivity index (χ2n) is 3.57. The molecule has 0 unspecified atom stereocenters. The summed E-state index contributed by atoms with van der Waals surface area (Å²) in [7, 11) is 0. The Morgan fingerprint density at radius 3 is 2.87 bits per heavy atom. The first kappa shape index (κ1) is 11.4. The second kappa shape index (κ2) is 5.91. The summed E-state index contributed by atoms with van der Waals surface area (Å²) < 4.78 is 0. The molecule has 0 aliphatic carbocycles. The zero-order valence-corrected chi connectivity index (χ0v) is 9.22. The van der Waals surface area contributed by atoms with Crippen LogP contribution in [0, 0.1) is 5.92 Å². The van der Waals surface area contributed by atoms with Crippen molar-refractivity contribution in [1.82, 2.24) is 4.98 Å². The molecule has 0 spiro atoms. The largest absolute Gasteiger partial charge is 0.269 e. The number of rotatable bonds is 4. The number of aliphatic imine (C=N–C) groups is 1. The normalized spacial score (nSPS) is 11.7. The molecule has 0 fully saturated rings. The minimum atomic E-state index is 0.474. The molecule has 2 heteroatoms. The van der Waals surface area contributed by atoms with Gasteiger partial charge in [0.1, 0.15) is 0 Å². The quantitative estimate of drug-likeness (QED) is 0.683. The molecule has 1 aromatic rings. The molecule has 0 aromatic carbocycles. The highest BCUT2D eigenvalue weighted by Crippen LogP contribution is 2.09. The minimum absolute atomic E-state index is 0.474. The summed E-state index contributed by atoms with van der Waals surface area (Å²) >= 11 is 0. The smallest absolute Gasteiger partial charge is 0.0346 e. The predicted molar refractivity (Wildman–Crippen MR) is 66.7 cm³/mol. The topological polar surface area (TPSA) is 25.2 Å². The standard InChI is InChI=1S/C13H16N2/c1-4-12-5-7-15-10-13(12)6-8-14-9-11(2)3/h4-11H,1H2,2-3H3/b8-6-,14-9+. The lowest BCUT2D eigenvalue weighted by Gasteiger charge is -1.97. The van der Waals surface area contributed by atoms with Crippen molar-refractivity contribution in [3.63, 3.8) is 0 Å². The molecule has 0 saturated heterocycles. The van der Waals surface area contributed by atoms with Gasteiger partial charge in [-0.1, -0.05) is 26.5 Å². The van der Waals surface area contributed by atoms with Gasteiger partial charge in [-0.05, 0) is 23.6 Å². The molecule has 1 heterocycles. The maximum absolute atomic E-state index is 4.17. The summed E-state index contributed by atoms with van der Waals surface area (Å²) in [5, 5.41) is 0. The van der Waals surface area contributed by atoms with Crippen molar-refractivity contribution in [2.75, 3.05) is 0 Å². The van der Waals surface area contributed by atoms with E-state index in [1.807, 2.05) is 24.4 Å². The molecule has 0 aliphatic rings. The lowest BCUT2D eigenvalue weighted by molar-refractivity contribution is 0.907. The van der Waals surface area contributed by atoms with Crippen LogP contribution in [0.1, 0.15) is 25.0 Å². The van der Waals surface area contributed by atoms with Crippen LogP contribution in [0.2, 0.25) is 0 Å². The van der Waals surface area contributed by atoms with Crippen LogP contribution in [0.3, 0.4) is 0 Å². The van der Waals surface area contributed by atoms with Crippen LogP contribution in [0.15, 0.2) is 36.2 Å². The van der Waals surface area contributed by atoms with Crippen LogP contribution in [0.5, 0.6) is 0 Å². The SMILES string of the molecule is C=Cc1ccncc1/C=C\N=C\C(C)C. The molecule has 78 valence electrons. The van der Waals surface area contributed by atoms with Gasteiger partial charge >= 0.3 is 0 Å². The summed E-state index contributed by atoms with van der Waals surface area (Å²) in [5.74, 6) is 0.474. The van der Waals surface area contributed by atoms with E-state index in [-0.39, 0.29) is 0 Å². The van der Waals surface area contributed by atoms with Gasteiger partial charge in [0, 0.05) is 30.4 Å². The highest BCUT2D eigenvalue weighted by Gasteiger charge is 1.92. The Morgan fingerprint density at radius 1 is 1.40 bits per heavy atom. The first-order valence-corrected chi connectivity index (χ1v) is 5.00. The number of nitrogens with zero attached hydrogens (tertiary/aromatic N) is 2. The lowest BCUT2D eigenvalue weighted by Crippen LogP contribution is -1.85. The van der Waals surface area contributed by atoms with E-state index in [9.17, 15) is 0 Å². The van der Waals surface area contributed by atoms with Crippen LogP contribution in [-0.4, -0.2) is 11.2 Å². The summed E-state index contributed by atoms with van der Waals surface area (Å²) in [6.07, 6.45) is 11.0. The summed E-state index contributed by atoms with van der Waals surface area (Å²) in [6, 6.07) is 1.93. The van der Waals surface area contributed by atoms with E-state index < -0.39 is 0 Å². The third kappa shape index (κ3) is 3.90. The maximum Gasteiger partial charge on any atom is 0.0346 e.